The van der Waals surface area contributed by atoms with Gasteiger partial charge in [-0.1, -0.05) is 19.8 Å². The Balaban J connectivity index is 0. The molecule has 0 aromatic carbocycles. The Kier molecular flexibility index (Phi) is 9.33. The van der Waals surface area contributed by atoms with Gasteiger partial charge >= 0.3 is 27.7 Å². The average molecular weight is 388 g/mol. The van der Waals surface area contributed by atoms with E-state index in [1.54, 1.807) is 0 Å². The molecule has 2 atom stereocenters. The number of rotatable bonds is 6. The summed E-state index contributed by atoms with van der Waals surface area (Å²) < 4.78 is 124. The molecule has 2 unspecified atom stereocenters. The van der Waals surface area contributed by atoms with Gasteiger partial charge in [-0.15, -0.1) is 9.24 Å². The topological polar surface area (TPSA) is 63.6 Å². The van der Waals surface area contributed by atoms with Crippen LogP contribution in [-0.2, 0) is 14.9 Å². The summed E-state index contributed by atoms with van der Waals surface area (Å²) in [6.45, 7) is 2.20. The van der Waals surface area contributed by atoms with Gasteiger partial charge in [0.1, 0.15) is 0 Å². The maximum atomic E-state index is 12.2. The first-order valence-electron chi connectivity index (χ1n) is 5.35. The summed E-state index contributed by atoms with van der Waals surface area (Å²) in [6.07, 6.45) is -13.9. The molecule has 0 rings (SSSR count). The molecule has 14 heteroatoms. The van der Waals surface area contributed by atoms with Gasteiger partial charge in [-0.3, -0.25) is 9.29 Å². The summed E-state index contributed by atoms with van der Waals surface area (Å²) >= 11 is 0. The van der Waals surface area contributed by atoms with Gasteiger partial charge < -0.3 is 0 Å². The highest BCUT2D eigenvalue weighted by molar-refractivity contribution is 7.86. The lowest BCUT2D eigenvalue weighted by Crippen LogP contribution is -2.48. The van der Waals surface area contributed by atoms with Gasteiger partial charge in [0, 0.05) is 0 Å². The Morgan fingerprint density at radius 3 is 1.73 bits per heavy atom. The molecule has 0 radical (unpaired) electrons. The van der Waals surface area contributed by atoms with Gasteiger partial charge in [-0.05, 0) is 6.16 Å². The Bertz CT molecular complexity index is 422. The van der Waals surface area contributed by atoms with E-state index in [2.05, 4.69) is 16.2 Å². The predicted molar refractivity (Wildman–Crippen MR) is 63.0 cm³/mol. The van der Waals surface area contributed by atoms with E-state index >= 15 is 0 Å². The van der Waals surface area contributed by atoms with Crippen molar-refractivity contribution in [3.63, 3.8) is 0 Å². The molecule has 0 bridgehead atoms. The second-order valence-corrected chi connectivity index (χ2v) is 5.70. The molecule has 136 valence electrons. The van der Waals surface area contributed by atoms with Crippen LogP contribution in [0.1, 0.15) is 19.8 Å². The van der Waals surface area contributed by atoms with Crippen molar-refractivity contribution in [2.45, 2.75) is 43.7 Å². The maximum Gasteiger partial charge on any atom is 0.483 e. The second-order valence-electron chi connectivity index (χ2n) is 3.63. The number of halogens is 8. The third-order valence-electron chi connectivity index (χ3n) is 1.75. The van der Waals surface area contributed by atoms with E-state index in [4.69, 9.17) is 4.55 Å². The van der Waals surface area contributed by atoms with Crippen molar-refractivity contribution < 1.29 is 52.8 Å². The van der Waals surface area contributed by atoms with Crippen LogP contribution in [0.15, 0.2) is 0 Å². The van der Waals surface area contributed by atoms with Crippen molar-refractivity contribution in [2.24, 2.45) is 0 Å². The van der Waals surface area contributed by atoms with Crippen LogP contribution in [0.2, 0.25) is 0 Å². The van der Waals surface area contributed by atoms with E-state index < -0.39 is 34.0 Å². The van der Waals surface area contributed by atoms with Crippen molar-refractivity contribution in [3.8, 4) is 0 Å². The molecule has 0 aliphatic carbocycles. The van der Waals surface area contributed by atoms with Crippen molar-refractivity contribution in [2.75, 3.05) is 6.16 Å². The summed E-state index contributed by atoms with van der Waals surface area (Å²) in [4.78, 5) is 0. The monoisotopic (exact) mass is 388 g/mol. The lowest BCUT2D eigenvalue weighted by molar-refractivity contribution is -0.423. The molecule has 0 amide bonds. The Morgan fingerprint density at radius 1 is 1.14 bits per heavy atom. The molecule has 0 fully saturated rings. The molecule has 0 saturated heterocycles. The number of ether oxygens (including phenoxy) is 1. The Morgan fingerprint density at radius 2 is 1.55 bits per heavy atom. The van der Waals surface area contributed by atoms with E-state index in [0.717, 1.165) is 0 Å². The van der Waals surface area contributed by atoms with Crippen molar-refractivity contribution >= 4 is 19.4 Å². The summed E-state index contributed by atoms with van der Waals surface area (Å²) in [6, 6.07) is 0. The SMILES string of the molecule is CCCCP.O=S(=O)(O)C(F)(F)C(F)OC(F)(F)C(F)(F)F. The predicted octanol–water partition coefficient (Wildman–Crippen LogP) is 3.60. The van der Waals surface area contributed by atoms with Crippen molar-refractivity contribution in [1.82, 2.24) is 0 Å². The zero-order valence-corrected chi connectivity index (χ0v) is 12.9. The van der Waals surface area contributed by atoms with E-state index in [-0.39, 0.29) is 0 Å². The number of alkyl halides is 8. The first-order valence-corrected chi connectivity index (χ1v) is 7.61. The van der Waals surface area contributed by atoms with Gasteiger partial charge in [-0.2, -0.15) is 39.2 Å². The first kappa shape index (κ1) is 24.0. The van der Waals surface area contributed by atoms with E-state index in [0.29, 0.717) is 0 Å². The standard InChI is InChI=1S/C4H2F8O4S.C4H11P/c5-1(2(6,7)17(13,14)15)16-4(11,12)3(8,9)10;1-2-3-4-5/h1H,(H,13,14,15);2-5H2,1H3. The smallest absolute Gasteiger partial charge is 0.281 e. The van der Waals surface area contributed by atoms with Crippen LogP contribution in [-0.4, -0.2) is 43.0 Å². The zero-order chi connectivity index (χ0) is 18.4. The molecule has 0 aromatic heterocycles. The largest absolute Gasteiger partial charge is 0.483 e. The van der Waals surface area contributed by atoms with Gasteiger partial charge in [0.15, 0.2) is 0 Å². The Labute approximate surface area is 123 Å². The highest BCUT2D eigenvalue weighted by Crippen LogP contribution is 2.40. The quantitative estimate of drug-likeness (QED) is 0.429. The summed E-state index contributed by atoms with van der Waals surface area (Å²) in [5, 5.41) is -5.97. The van der Waals surface area contributed by atoms with Crippen LogP contribution < -0.4 is 0 Å². The van der Waals surface area contributed by atoms with E-state index in [9.17, 15) is 43.5 Å². The minimum Gasteiger partial charge on any atom is -0.281 e. The van der Waals surface area contributed by atoms with Crippen LogP contribution in [0.25, 0.3) is 0 Å². The average Bonchev–Trinajstić information content (AvgIpc) is 2.27. The molecule has 22 heavy (non-hydrogen) atoms. The molecule has 0 aliphatic rings. The van der Waals surface area contributed by atoms with E-state index in [1.165, 1.54) is 19.0 Å². The molecular weight excluding hydrogens is 375 g/mol. The van der Waals surface area contributed by atoms with Gasteiger partial charge in [0.05, 0.1) is 0 Å². The van der Waals surface area contributed by atoms with Gasteiger partial charge in [0.25, 0.3) is 6.36 Å². The lowest BCUT2D eigenvalue weighted by Gasteiger charge is -2.24. The lowest BCUT2D eigenvalue weighted by atomic mass is 10.4. The summed E-state index contributed by atoms with van der Waals surface area (Å²) in [7, 11) is -3.85. The fourth-order valence-electron chi connectivity index (χ4n) is 0.587. The van der Waals surface area contributed by atoms with Crippen LogP contribution in [0.4, 0.5) is 35.1 Å². The van der Waals surface area contributed by atoms with E-state index in [1.807, 2.05) is 4.74 Å². The minimum atomic E-state index is -6.55. The highest BCUT2D eigenvalue weighted by Gasteiger charge is 2.65. The van der Waals surface area contributed by atoms with Crippen molar-refractivity contribution in [3.05, 3.63) is 0 Å². The van der Waals surface area contributed by atoms with Gasteiger partial charge in [-0.25, -0.2) is 4.39 Å². The third kappa shape index (κ3) is 7.34. The molecule has 0 heterocycles. The highest BCUT2D eigenvalue weighted by atomic mass is 32.2. The van der Waals surface area contributed by atoms with Crippen molar-refractivity contribution in [1.29, 1.82) is 0 Å². The first-order chi connectivity index (χ1) is 9.54. The summed E-state index contributed by atoms with van der Waals surface area (Å²) in [5.74, 6) is 0. The fourth-order valence-corrected chi connectivity index (χ4v) is 1.28. The normalized spacial score (nSPS) is 15.0. The molecule has 0 aliphatic heterocycles. The fraction of sp³-hybridized carbons (Fsp3) is 1.00. The van der Waals surface area contributed by atoms with Crippen LogP contribution in [0.3, 0.4) is 0 Å². The number of hydrogen-bond acceptors (Lipinski definition) is 3. The number of unbranched alkanes of at least 4 members (excludes halogenated alkanes) is 1. The third-order valence-corrected chi connectivity index (χ3v) is 3.03. The molecule has 4 nitrogen and oxygen atoms in total. The molecule has 0 saturated carbocycles. The molecule has 0 aromatic rings. The van der Waals surface area contributed by atoms with Crippen LogP contribution in [0.5, 0.6) is 0 Å². The molecule has 1 N–H and O–H groups in total. The van der Waals surface area contributed by atoms with Gasteiger partial charge in [0.2, 0.25) is 0 Å². The molecule has 0 spiro atoms. The molecular formula is C8H13F8O4PS. The number of hydrogen-bond donors (Lipinski definition) is 1. The van der Waals surface area contributed by atoms with Crippen LogP contribution >= 0.6 is 9.24 Å². The maximum absolute atomic E-state index is 12.2. The minimum absolute atomic E-state index is 1.26. The second kappa shape index (κ2) is 8.55. The zero-order valence-electron chi connectivity index (χ0n) is 10.9. The summed E-state index contributed by atoms with van der Waals surface area (Å²) in [5.41, 5.74) is 0. The Hall–Kier alpha value is -0.260. The van der Waals surface area contributed by atoms with Crippen LogP contribution in [0, 0.1) is 0 Å².